The smallest absolute Gasteiger partial charge is 0.240 e. The minimum atomic E-state index is -3.55. The van der Waals surface area contributed by atoms with E-state index in [1.165, 1.54) is 0 Å². The molecule has 3 rings (SSSR count). The Morgan fingerprint density at radius 1 is 1.08 bits per heavy atom. The van der Waals surface area contributed by atoms with E-state index in [2.05, 4.69) is 10.0 Å². The summed E-state index contributed by atoms with van der Waals surface area (Å²) in [7, 11) is -3.55. The SMILES string of the molecule is O=C1C[C@@H](c2ccc(S(=O)(=O)NCCc3ccc(Cl)cc3)cc2)CN1. The molecule has 1 fully saturated rings. The van der Waals surface area contributed by atoms with E-state index in [1.54, 1.807) is 36.4 Å². The lowest BCUT2D eigenvalue weighted by molar-refractivity contribution is -0.119. The largest absolute Gasteiger partial charge is 0.355 e. The van der Waals surface area contributed by atoms with Gasteiger partial charge in [0.25, 0.3) is 0 Å². The zero-order valence-corrected chi connectivity index (χ0v) is 15.1. The van der Waals surface area contributed by atoms with Crippen LogP contribution in [-0.2, 0) is 21.2 Å². The Balaban J connectivity index is 1.59. The molecule has 2 aromatic rings. The van der Waals surface area contributed by atoms with Gasteiger partial charge >= 0.3 is 0 Å². The molecule has 0 unspecified atom stereocenters. The molecule has 2 aromatic carbocycles. The predicted octanol–water partition coefficient (Wildman–Crippen LogP) is 2.46. The lowest BCUT2D eigenvalue weighted by atomic mass is 9.99. The molecule has 1 amide bonds. The molecular weight excluding hydrogens is 360 g/mol. The second-order valence-electron chi connectivity index (χ2n) is 6.05. The molecule has 1 atom stereocenters. The van der Waals surface area contributed by atoms with Gasteiger partial charge in [-0.1, -0.05) is 35.9 Å². The van der Waals surface area contributed by atoms with Crippen LogP contribution < -0.4 is 10.0 Å². The van der Waals surface area contributed by atoms with Crippen molar-refractivity contribution in [1.82, 2.24) is 10.0 Å². The van der Waals surface area contributed by atoms with E-state index in [-0.39, 0.29) is 16.7 Å². The Labute approximate surface area is 152 Å². The average molecular weight is 379 g/mol. The van der Waals surface area contributed by atoms with Crippen molar-refractivity contribution in [1.29, 1.82) is 0 Å². The van der Waals surface area contributed by atoms with Crippen molar-refractivity contribution in [3.8, 4) is 0 Å². The zero-order chi connectivity index (χ0) is 17.9. The van der Waals surface area contributed by atoms with Gasteiger partial charge in [0.1, 0.15) is 0 Å². The number of amides is 1. The van der Waals surface area contributed by atoms with Crippen molar-refractivity contribution in [3.63, 3.8) is 0 Å². The van der Waals surface area contributed by atoms with Gasteiger partial charge in [0.2, 0.25) is 15.9 Å². The number of halogens is 1. The first kappa shape index (κ1) is 17.9. The number of sulfonamides is 1. The Kier molecular flexibility index (Phi) is 5.42. The number of rotatable bonds is 6. The molecule has 0 aromatic heterocycles. The monoisotopic (exact) mass is 378 g/mol. The molecule has 1 aliphatic rings. The summed E-state index contributed by atoms with van der Waals surface area (Å²) in [6.07, 6.45) is 1.04. The van der Waals surface area contributed by atoms with Gasteiger partial charge in [-0.15, -0.1) is 0 Å². The maximum Gasteiger partial charge on any atom is 0.240 e. The lowest BCUT2D eigenvalue weighted by Gasteiger charge is -2.10. The lowest BCUT2D eigenvalue weighted by Crippen LogP contribution is -2.26. The van der Waals surface area contributed by atoms with Crippen LogP contribution in [0.15, 0.2) is 53.4 Å². The molecule has 132 valence electrons. The summed E-state index contributed by atoms with van der Waals surface area (Å²) in [6.45, 7) is 0.914. The molecule has 0 saturated carbocycles. The van der Waals surface area contributed by atoms with Crippen LogP contribution in [0.1, 0.15) is 23.5 Å². The van der Waals surface area contributed by atoms with Gasteiger partial charge in [-0.05, 0) is 41.8 Å². The second-order valence-corrected chi connectivity index (χ2v) is 8.25. The zero-order valence-electron chi connectivity index (χ0n) is 13.5. The molecule has 7 heteroatoms. The first-order valence-corrected chi connectivity index (χ1v) is 9.91. The predicted molar refractivity (Wildman–Crippen MR) is 97.2 cm³/mol. The minimum Gasteiger partial charge on any atom is -0.355 e. The third-order valence-electron chi connectivity index (χ3n) is 4.26. The van der Waals surface area contributed by atoms with Gasteiger partial charge in [-0.2, -0.15) is 0 Å². The van der Waals surface area contributed by atoms with E-state index in [0.29, 0.717) is 31.0 Å². The van der Waals surface area contributed by atoms with E-state index in [1.807, 2.05) is 12.1 Å². The third kappa shape index (κ3) is 4.60. The fourth-order valence-electron chi connectivity index (χ4n) is 2.82. The summed E-state index contributed by atoms with van der Waals surface area (Å²) in [4.78, 5) is 11.5. The second kappa shape index (κ2) is 7.56. The van der Waals surface area contributed by atoms with Gasteiger partial charge in [-0.3, -0.25) is 4.79 Å². The molecule has 5 nitrogen and oxygen atoms in total. The minimum absolute atomic E-state index is 0.0329. The molecule has 1 saturated heterocycles. The quantitative estimate of drug-likeness (QED) is 0.810. The van der Waals surface area contributed by atoms with Crippen molar-refractivity contribution < 1.29 is 13.2 Å². The molecule has 1 aliphatic heterocycles. The van der Waals surface area contributed by atoms with E-state index >= 15 is 0 Å². The van der Waals surface area contributed by atoms with Crippen molar-refractivity contribution >= 4 is 27.5 Å². The number of hydrogen-bond acceptors (Lipinski definition) is 3. The fourth-order valence-corrected chi connectivity index (χ4v) is 3.98. The Bertz CT molecular complexity index is 849. The number of carbonyl (C=O) groups excluding carboxylic acids is 1. The summed E-state index contributed by atoms with van der Waals surface area (Å²) >= 11 is 5.83. The van der Waals surface area contributed by atoms with E-state index < -0.39 is 10.0 Å². The normalized spacial score (nSPS) is 17.5. The summed E-state index contributed by atoms with van der Waals surface area (Å²) in [6, 6.07) is 14.0. The number of benzene rings is 2. The number of carbonyl (C=O) groups is 1. The van der Waals surface area contributed by atoms with Gasteiger partial charge in [0.15, 0.2) is 0 Å². The van der Waals surface area contributed by atoms with Crippen molar-refractivity contribution in [2.24, 2.45) is 0 Å². The van der Waals surface area contributed by atoms with Gasteiger partial charge in [0, 0.05) is 30.5 Å². The van der Waals surface area contributed by atoms with E-state index in [9.17, 15) is 13.2 Å². The highest BCUT2D eigenvalue weighted by atomic mass is 35.5. The van der Waals surface area contributed by atoms with Crippen LogP contribution in [0.4, 0.5) is 0 Å². The van der Waals surface area contributed by atoms with Crippen LogP contribution in [-0.4, -0.2) is 27.4 Å². The first-order valence-electron chi connectivity index (χ1n) is 8.05. The van der Waals surface area contributed by atoms with Crippen molar-refractivity contribution in [2.45, 2.75) is 23.7 Å². The highest BCUT2D eigenvalue weighted by molar-refractivity contribution is 7.89. The van der Waals surface area contributed by atoms with Gasteiger partial charge in [-0.25, -0.2) is 13.1 Å². The summed E-state index contributed by atoms with van der Waals surface area (Å²) < 4.78 is 27.3. The number of nitrogens with one attached hydrogen (secondary N) is 2. The standard InChI is InChI=1S/C18H19ClN2O3S/c19-16-5-1-13(2-6-16)9-10-21-25(23,24)17-7-3-14(4-8-17)15-11-18(22)20-12-15/h1-8,15,21H,9-12H2,(H,20,22)/t15-/m1/s1. The van der Waals surface area contributed by atoms with Crippen LogP contribution in [0, 0.1) is 0 Å². The van der Waals surface area contributed by atoms with Crippen LogP contribution in [0.2, 0.25) is 5.02 Å². The average Bonchev–Trinajstić information content (AvgIpc) is 3.03. The molecular formula is C18H19ClN2O3S. The number of hydrogen-bond donors (Lipinski definition) is 2. The van der Waals surface area contributed by atoms with Crippen LogP contribution in [0.5, 0.6) is 0 Å². The van der Waals surface area contributed by atoms with Crippen LogP contribution in [0.25, 0.3) is 0 Å². The molecule has 0 radical (unpaired) electrons. The van der Waals surface area contributed by atoms with Crippen LogP contribution >= 0.6 is 11.6 Å². The van der Waals surface area contributed by atoms with Crippen LogP contribution in [0.3, 0.4) is 0 Å². The Morgan fingerprint density at radius 3 is 2.36 bits per heavy atom. The summed E-state index contributed by atoms with van der Waals surface area (Å²) in [5.74, 6) is 0.146. The summed E-state index contributed by atoms with van der Waals surface area (Å²) in [5.41, 5.74) is 1.99. The Hall–Kier alpha value is -1.89. The summed E-state index contributed by atoms with van der Waals surface area (Å²) in [5, 5.41) is 3.44. The topological polar surface area (TPSA) is 75.3 Å². The highest BCUT2D eigenvalue weighted by Crippen LogP contribution is 2.24. The molecule has 0 bridgehead atoms. The van der Waals surface area contributed by atoms with E-state index in [4.69, 9.17) is 11.6 Å². The molecule has 25 heavy (non-hydrogen) atoms. The van der Waals surface area contributed by atoms with Crippen molar-refractivity contribution in [2.75, 3.05) is 13.1 Å². The highest BCUT2D eigenvalue weighted by Gasteiger charge is 2.23. The first-order chi connectivity index (χ1) is 11.9. The third-order valence-corrected chi connectivity index (χ3v) is 5.99. The fraction of sp³-hybridized carbons (Fsp3) is 0.278. The molecule has 0 aliphatic carbocycles. The van der Waals surface area contributed by atoms with Gasteiger partial charge in [0.05, 0.1) is 4.90 Å². The molecule has 0 spiro atoms. The maximum absolute atomic E-state index is 12.4. The Morgan fingerprint density at radius 2 is 1.76 bits per heavy atom. The van der Waals surface area contributed by atoms with Crippen molar-refractivity contribution in [3.05, 3.63) is 64.7 Å². The van der Waals surface area contributed by atoms with Gasteiger partial charge < -0.3 is 5.32 Å². The molecule has 1 heterocycles. The maximum atomic E-state index is 12.4. The van der Waals surface area contributed by atoms with E-state index in [0.717, 1.165) is 11.1 Å². The molecule has 2 N–H and O–H groups in total.